The molecular weight excluding hydrogens is 661 g/mol. The van der Waals surface area contributed by atoms with Gasteiger partial charge in [-0.25, -0.2) is 0 Å². The van der Waals surface area contributed by atoms with Gasteiger partial charge in [-0.05, 0) is 129 Å². The highest BCUT2D eigenvalue weighted by molar-refractivity contribution is 6.10. The van der Waals surface area contributed by atoms with Gasteiger partial charge in [0.05, 0.1) is 0 Å². The lowest BCUT2D eigenvalue weighted by atomic mass is 9.72. The first-order valence-electron chi connectivity index (χ1n) is 20.2. The van der Waals surface area contributed by atoms with Crippen LogP contribution >= 0.6 is 0 Å². The Balaban J connectivity index is 0.000000167. The van der Waals surface area contributed by atoms with Crippen LogP contribution in [0.2, 0.25) is 0 Å². The molecule has 0 amide bonds. The van der Waals surface area contributed by atoms with Crippen molar-refractivity contribution in [2.45, 2.75) is 85.0 Å². The summed E-state index contributed by atoms with van der Waals surface area (Å²) in [6, 6.07) is 49.5. The molecule has 0 aliphatic heterocycles. The largest absolute Gasteiger partial charge is 0.0988 e. The van der Waals surface area contributed by atoms with E-state index in [9.17, 15) is 0 Å². The summed E-state index contributed by atoms with van der Waals surface area (Å²) >= 11 is 0. The van der Waals surface area contributed by atoms with Crippen molar-refractivity contribution in [1.82, 2.24) is 0 Å². The monoisotopic (exact) mass is 716 g/mol. The van der Waals surface area contributed by atoms with E-state index in [1.54, 1.807) is 5.56 Å². The summed E-state index contributed by atoms with van der Waals surface area (Å²) in [6.45, 7) is 20.7. The molecule has 7 aromatic rings. The van der Waals surface area contributed by atoms with Crippen LogP contribution in [0.4, 0.5) is 0 Å². The third-order valence-corrected chi connectivity index (χ3v) is 12.0. The molecule has 2 aliphatic rings. The zero-order chi connectivity index (χ0) is 38.7. The highest BCUT2D eigenvalue weighted by atomic mass is 14.4. The maximum Gasteiger partial charge on any atom is 0.0158 e. The van der Waals surface area contributed by atoms with Crippen molar-refractivity contribution in [2.24, 2.45) is 0 Å². The molecule has 9 rings (SSSR count). The molecule has 1 saturated carbocycles. The Morgan fingerprint density at radius 2 is 1.25 bits per heavy atom. The Morgan fingerprint density at radius 3 is 1.91 bits per heavy atom. The molecule has 0 N–H and O–H groups in total. The SMILES string of the molecule is C=CC(=C)CCC.Cc1ccc(-c2cc3ccccc3c(-c3c(C)ccc4ccccc34)c2C2CCC2)cc1.Cc1ccc2c(c1)C(C)(C)c1ccccc1-2. The fourth-order valence-corrected chi connectivity index (χ4v) is 8.68. The van der Waals surface area contributed by atoms with Crippen LogP contribution in [-0.2, 0) is 5.41 Å². The Hall–Kier alpha value is -5.46. The van der Waals surface area contributed by atoms with Crippen molar-refractivity contribution >= 4 is 21.5 Å². The van der Waals surface area contributed by atoms with E-state index in [1.807, 2.05) is 6.08 Å². The van der Waals surface area contributed by atoms with Crippen LogP contribution in [0.5, 0.6) is 0 Å². The normalized spacial score (nSPS) is 13.8. The van der Waals surface area contributed by atoms with Crippen molar-refractivity contribution in [3.63, 3.8) is 0 Å². The van der Waals surface area contributed by atoms with Gasteiger partial charge in [0.15, 0.2) is 0 Å². The highest BCUT2D eigenvalue weighted by Crippen LogP contribution is 2.51. The molecule has 0 aromatic heterocycles. The molecule has 55 heavy (non-hydrogen) atoms. The predicted molar refractivity (Wildman–Crippen MR) is 241 cm³/mol. The van der Waals surface area contributed by atoms with Crippen LogP contribution in [0.25, 0.3) is 54.9 Å². The number of fused-ring (bicyclic) bond motifs is 5. The highest BCUT2D eigenvalue weighted by Gasteiger charge is 2.35. The van der Waals surface area contributed by atoms with E-state index in [4.69, 9.17) is 0 Å². The summed E-state index contributed by atoms with van der Waals surface area (Å²) in [6.07, 6.45) is 7.97. The molecule has 0 unspecified atom stereocenters. The Labute approximate surface area is 330 Å². The average Bonchev–Trinajstić information content (AvgIpc) is 3.40. The van der Waals surface area contributed by atoms with Crippen molar-refractivity contribution in [3.8, 4) is 33.4 Å². The molecule has 0 nitrogen and oxygen atoms in total. The summed E-state index contributed by atoms with van der Waals surface area (Å²) in [5, 5.41) is 5.38. The van der Waals surface area contributed by atoms with Crippen LogP contribution in [-0.4, -0.2) is 0 Å². The van der Waals surface area contributed by atoms with Crippen LogP contribution in [0.15, 0.2) is 158 Å². The maximum atomic E-state index is 3.74. The Kier molecular flexibility index (Phi) is 11.1. The van der Waals surface area contributed by atoms with E-state index in [2.05, 4.69) is 188 Å². The van der Waals surface area contributed by atoms with Gasteiger partial charge in [0.25, 0.3) is 0 Å². The second-order valence-corrected chi connectivity index (χ2v) is 16.2. The number of aryl methyl sites for hydroxylation is 3. The maximum absolute atomic E-state index is 3.74. The third-order valence-electron chi connectivity index (χ3n) is 12.0. The fourth-order valence-electron chi connectivity index (χ4n) is 8.68. The van der Waals surface area contributed by atoms with E-state index < -0.39 is 0 Å². The van der Waals surface area contributed by atoms with E-state index in [-0.39, 0.29) is 5.41 Å². The molecule has 0 saturated heterocycles. The standard InChI is InChI=1S/C32H28.C16H16.C7H12/c1-21-14-17-24(18-15-21)29-20-26-9-4-6-13-28(26)32(31(29)25-10-7-11-25)30-22(2)16-19-23-8-3-5-12-27(23)30;1-11-8-9-13-12-6-4-5-7-14(12)16(2,3)15(13)10-11;1-4-6-7(3)5-2/h3-6,8-9,12-20,25H,7,10-11H2,1-2H3;4-10H,1-3H3;5H,2-4,6H2,1H3. The molecule has 2 aliphatic carbocycles. The van der Waals surface area contributed by atoms with Crippen molar-refractivity contribution in [3.05, 3.63) is 192 Å². The topological polar surface area (TPSA) is 0 Å². The summed E-state index contributed by atoms with van der Waals surface area (Å²) in [5.41, 5.74) is 18.2. The smallest absolute Gasteiger partial charge is 0.0158 e. The van der Waals surface area contributed by atoms with Gasteiger partial charge >= 0.3 is 0 Å². The predicted octanol–water partition coefficient (Wildman–Crippen LogP) is 16.0. The lowest BCUT2D eigenvalue weighted by molar-refractivity contribution is 0.421. The first-order chi connectivity index (χ1) is 26.6. The van der Waals surface area contributed by atoms with Gasteiger partial charge < -0.3 is 0 Å². The number of hydrogen-bond donors (Lipinski definition) is 0. The van der Waals surface area contributed by atoms with E-state index in [0.29, 0.717) is 5.92 Å². The Morgan fingerprint density at radius 1 is 0.636 bits per heavy atom. The van der Waals surface area contributed by atoms with Gasteiger partial charge in [0, 0.05) is 5.41 Å². The van der Waals surface area contributed by atoms with Gasteiger partial charge in [0.1, 0.15) is 0 Å². The van der Waals surface area contributed by atoms with E-state index in [0.717, 1.165) is 12.0 Å². The Bertz CT molecular complexity index is 2500. The molecule has 0 heteroatoms. The van der Waals surface area contributed by atoms with Crippen LogP contribution in [0.1, 0.15) is 92.2 Å². The van der Waals surface area contributed by atoms with Gasteiger partial charge in [0.2, 0.25) is 0 Å². The van der Waals surface area contributed by atoms with Crippen LogP contribution in [0, 0.1) is 20.8 Å². The number of hydrogen-bond acceptors (Lipinski definition) is 0. The zero-order valence-electron chi connectivity index (χ0n) is 33.8. The van der Waals surface area contributed by atoms with Crippen LogP contribution in [0.3, 0.4) is 0 Å². The third kappa shape index (κ3) is 7.48. The van der Waals surface area contributed by atoms with Gasteiger partial charge in [-0.1, -0.05) is 197 Å². The minimum Gasteiger partial charge on any atom is -0.0988 e. The molecule has 7 aromatic carbocycles. The molecule has 1 fully saturated rings. The van der Waals surface area contributed by atoms with Gasteiger partial charge in [-0.2, -0.15) is 0 Å². The number of benzene rings is 7. The van der Waals surface area contributed by atoms with Crippen molar-refractivity contribution in [2.75, 3.05) is 0 Å². The minimum atomic E-state index is 0.151. The van der Waals surface area contributed by atoms with Gasteiger partial charge in [-0.15, -0.1) is 0 Å². The summed E-state index contributed by atoms with van der Waals surface area (Å²) < 4.78 is 0. The van der Waals surface area contributed by atoms with Crippen LogP contribution < -0.4 is 0 Å². The second kappa shape index (κ2) is 16.1. The molecule has 0 radical (unpaired) electrons. The lowest BCUT2D eigenvalue weighted by Gasteiger charge is -2.32. The molecule has 0 spiro atoms. The number of rotatable bonds is 6. The number of allylic oxidation sites excluding steroid dienone is 2. The average molecular weight is 717 g/mol. The molecular formula is C55H56. The second-order valence-electron chi connectivity index (χ2n) is 16.2. The zero-order valence-corrected chi connectivity index (χ0v) is 33.8. The fraction of sp³-hybridized carbons (Fsp3) is 0.236. The van der Waals surface area contributed by atoms with Crippen molar-refractivity contribution < 1.29 is 0 Å². The lowest BCUT2D eigenvalue weighted by Crippen LogP contribution is -2.14. The van der Waals surface area contributed by atoms with E-state index >= 15 is 0 Å². The van der Waals surface area contributed by atoms with E-state index in [1.165, 1.54) is 108 Å². The molecule has 0 atom stereocenters. The van der Waals surface area contributed by atoms with Gasteiger partial charge in [-0.3, -0.25) is 0 Å². The first-order valence-corrected chi connectivity index (χ1v) is 20.2. The molecule has 0 bridgehead atoms. The quantitative estimate of drug-likeness (QED) is 0.150. The summed E-state index contributed by atoms with van der Waals surface area (Å²) in [7, 11) is 0. The summed E-state index contributed by atoms with van der Waals surface area (Å²) in [5.74, 6) is 0.629. The van der Waals surface area contributed by atoms with Crippen molar-refractivity contribution in [1.29, 1.82) is 0 Å². The minimum absolute atomic E-state index is 0.151. The molecule has 0 heterocycles. The first kappa shape index (κ1) is 37.8. The molecule has 276 valence electrons. The summed E-state index contributed by atoms with van der Waals surface area (Å²) in [4.78, 5) is 0.